The van der Waals surface area contributed by atoms with Crippen LogP contribution in [-0.2, 0) is 0 Å². The third-order valence-corrected chi connectivity index (χ3v) is 3.33. The van der Waals surface area contributed by atoms with E-state index in [-0.39, 0.29) is 23.3 Å². The summed E-state index contributed by atoms with van der Waals surface area (Å²) >= 11 is 0. The first-order chi connectivity index (χ1) is 9.62. The van der Waals surface area contributed by atoms with Crippen molar-refractivity contribution in [3.8, 4) is 11.5 Å². The Bertz CT molecular complexity index is 432. The number of nitrogens with one attached hydrogen (secondary N) is 1. The van der Waals surface area contributed by atoms with Gasteiger partial charge in [0.05, 0.1) is 12.7 Å². The molecule has 0 aliphatic carbocycles. The fourth-order valence-corrected chi connectivity index (χ4v) is 2.17. The minimum Gasteiger partial charge on any atom is -0.507 e. The highest BCUT2D eigenvalue weighted by Gasteiger charge is 2.16. The molecular weight excluding hydrogens is 254 g/mol. The topological polar surface area (TPSA) is 58.6 Å². The lowest BCUT2D eigenvalue weighted by Gasteiger charge is -2.18. The Morgan fingerprint density at radius 2 is 2.05 bits per heavy atom. The highest BCUT2D eigenvalue weighted by molar-refractivity contribution is 5.97. The van der Waals surface area contributed by atoms with Crippen molar-refractivity contribution in [1.29, 1.82) is 0 Å². The lowest BCUT2D eigenvalue weighted by molar-refractivity contribution is 0.0929. The number of carbonyl (C=O) groups excluding carboxylic acids is 1. The van der Waals surface area contributed by atoms with Gasteiger partial charge in [-0.1, -0.05) is 33.1 Å². The van der Waals surface area contributed by atoms with Gasteiger partial charge in [0.2, 0.25) is 0 Å². The van der Waals surface area contributed by atoms with Crippen LogP contribution >= 0.6 is 0 Å². The average molecular weight is 279 g/mol. The fraction of sp³-hybridized carbons (Fsp3) is 0.562. The molecular formula is C16H25NO3. The number of rotatable bonds is 8. The highest BCUT2D eigenvalue weighted by Crippen LogP contribution is 2.23. The molecule has 1 unspecified atom stereocenters. The van der Waals surface area contributed by atoms with E-state index in [1.54, 1.807) is 12.1 Å². The maximum absolute atomic E-state index is 12.3. The van der Waals surface area contributed by atoms with Crippen molar-refractivity contribution in [1.82, 2.24) is 5.32 Å². The number of carbonyl (C=O) groups is 1. The van der Waals surface area contributed by atoms with Gasteiger partial charge in [-0.3, -0.25) is 4.79 Å². The largest absolute Gasteiger partial charge is 0.507 e. The summed E-state index contributed by atoms with van der Waals surface area (Å²) in [4.78, 5) is 12.3. The van der Waals surface area contributed by atoms with Gasteiger partial charge in [0.15, 0.2) is 0 Å². The van der Waals surface area contributed by atoms with Crippen LogP contribution in [0.5, 0.6) is 11.5 Å². The van der Waals surface area contributed by atoms with Crippen LogP contribution in [0.2, 0.25) is 0 Å². The van der Waals surface area contributed by atoms with Gasteiger partial charge in [-0.2, -0.15) is 0 Å². The zero-order chi connectivity index (χ0) is 15.0. The Morgan fingerprint density at radius 1 is 1.30 bits per heavy atom. The predicted molar refractivity (Wildman–Crippen MR) is 80.3 cm³/mol. The van der Waals surface area contributed by atoms with Gasteiger partial charge in [0, 0.05) is 6.04 Å². The Labute approximate surface area is 121 Å². The second-order valence-electron chi connectivity index (χ2n) is 4.98. The van der Waals surface area contributed by atoms with E-state index in [1.807, 2.05) is 0 Å². The van der Waals surface area contributed by atoms with E-state index in [0.717, 1.165) is 32.1 Å². The van der Waals surface area contributed by atoms with Crippen molar-refractivity contribution in [2.75, 3.05) is 7.11 Å². The standard InChI is InChI=1S/C16H25NO3/c1-4-6-8-12(7-5-2)17-16(19)14-11-13(20-3)9-10-15(14)18/h9-12,18H,4-8H2,1-3H3,(H,17,19). The normalized spacial score (nSPS) is 11.9. The summed E-state index contributed by atoms with van der Waals surface area (Å²) in [5.41, 5.74) is 0.266. The molecule has 0 radical (unpaired) electrons. The van der Waals surface area contributed by atoms with E-state index >= 15 is 0 Å². The van der Waals surface area contributed by atoms with Crippen LogP contribution in [0.1, 0.15) is 56.3 Å². The number of hydrogen-bond acceptors (Lipinski definition) is 3. The second kappa shape index (κ2) is 8.46. The first-order valence-corrected chi connectivity index (χ1v) is 7.30. The molecule has 20 heavy (non-hydrogen) atoms. The van der Waals surface area contributed by atoms with E-state index in [9.17, 15) is 9.90 Å². The highest BCUT2D eigenvalue weighted by atomic mass is 16.5. The van der Waals surface area contributed by atoms with Crippen molar-refractivity contribution in [3.05, 3.63) is 23.8 Å². The summed E-state index contributed by atoms with van der Waals surface area (Å²) < 4.78 is 5.09. The summed E-state index contributed by atoms with van der Waals surface area (Å²) in [5, 5.41) is 12.8. The number of ether oxygens (including phenoxy) is 1. The average Bonchev–Trinajstić information content (AvgIpc) is 2.45. The molecule has 0 saturated carbocycles. The first-order valence-electron chi connectivity index (χ1n) is 7.30. The molecule has 1 rings (SSSR count). The Morgan fingerprint density at radius 3 is 2.65 bits per heavy atom. The summed E-state index contributed by atoms with van der Waals surface area (Å²) in [5.74, 6) is 0.304. The van der Waals surface area contributed by atoms with E-state index in [4.69, 9.17) is 4.74 Å². The predicted octanol–water partition coefficient (Wildman–Crippen LogP) is 3.49. The van der Waals surface area contributed by atoms with E-state index in [2.05, 4.69) is 19.2 Å². The fourth-order valence-electron chi connectivity index (χ4n) is 2.17. The first kappa shape index (κ1) is 16.3. The van der Waals surface area contributed by atoms with Crippen LogP contribution in [0, 0.1) is 0 Å². The van der Waals surface area contributed by atoms with Crippen molar-refractivity contribution >= 4 is 5.91 Å². The zero-order valence-corrected chi connectivity index (χ0v) is 12.6. The number of phenols is 1. The van der Waals surface area contributed by atoms with Crippen LogP contribution in [0.4, 0.5) is 0 Å². The molecule has 112 valence electrons. The summed E-state index contributed by atoms with van der Waals surface area (Å²) in [6.45, 7) is 4.24. The minimum absolute atomic E-state index is 0.0194. The number of benzene rings is 1. The van der Waals surface area contributed by atoms with E-state index in [0.29, 0.717) is 5.75 Å². The van der Waals surface area contributed by atoms with Crippen molar-refractivity contribution in [2.24, 2.45) is 0 Å². The molecule has 1 amide bonds. The van der Waals surface area contributed by atoms with Crippen LogP contribution in [0.15, 0.2) is 18.2 Å². The Kier molecular flexibility index (Phi) is 6.91. The molecule has 2 N–H and O–H groups in total. The minimum atomic E-state index is -0.240. The maximum Gasteiger partial charge on any atom is 0.255 e. The molecule has 0 bridgehead atoms. The van der Waals surface area contributed by atoms with Gasteiger partial charge in [-0.15, -0.1) is 0 Å². The maximum atomic E-state index is 12.3. The van der Waals surface area contributed by atoms with Crippen LogP contribution < -0.4 is 10.1 Å². The number of aromatic hydroxyl groups is 1. The number of methoxy groups -OCH3 is 1. The van der Waals surface area contributed by atoms with Gasteiger partial charge >= 0.3 is 0 Å². The lowest BCUT2D eigenvalue weighted by atomic mass is 10.0. The molecule has 1 atom stereocenters. The Hall–Kier alpha value is -1.71. The molecule has 0 heterocycles. The quantitative estimate of drug-likeness (QED) is 0.766. The van der Waals surface area contributed by atoms with Crippen LogP contribution in [0.3, 0.4) is 0 Å². The SMILES string of the molecule is CCCCC(CCC)NC(=O)c1cc(OC)ccc1O. The number of amides is 1. The zero-order valence-electron chi connectivity index (χ0n) is 12.6. The van der Waals surface area contributed by atoms with Crippen molar-refractivity contribution in [3.63, 3.8) is 0 Å². The van der Waals surface area contributed by atoms with Gasteiger partial charge in [0.25, 0.3) is 5.91 Å². The van der Waals surface area contributed by atoms with Gasteiger partial charge < -0.3 is 15.2 Å². The third kappa shape index (κ3) is 4.76. The van der Waals surface area contributed by atoms with E-state index in [1.165, 1.54) is 13.2 Å². The molecule has 0 spiro atoms. The van der Waals surface area contributed by atoms with Gasteiger partial charge in [-0.25, -0.2) is 0 Å². The number of phenolic OH excluding ortho intramolecular Hbond substituents is 1. The second-order valence-corrected chi connectivity index (χ2v) is 4.98. The van der Waals surface area contributed by atoms with Crippen molar-refractivity contribution < 1.29 is 14.6 Å². The smallest absolute Gasteiger partial charge is 0.255 e. The summed E-state index contributed by atoms with van der Waals surface area (Å²) in [6.07, 6.45) is 5.16. The summed E-state index contributed by atoms with van der Waals surface area (Å²) in [6, 6.07) is 4.84. The van der Waals surface area contributed by atoms with E-state index < -0.39 is 0 Å². The molecule has 0 aliphatic rings. The molecule has 4 nitrogen and oxygen atoms in total. The van der Waals surface area contributed by atoms with Gasteiger partial charge in [-0.05, 0) is 31.0 Å². The molecule has 1 aromatic carbocycles. The molecule has 1 aromatic rings. The van der Waals surface area contributed by atoms with Crippen LogP contribution in [0.25, 0.3) is 0 Å². The number of hydrogen-bond donors (Lipinski definition) is 2. The molecule has 0 aliphatic heterocycles. The number of unbranched alkanes of at least 4 members (excludes halogenated alkanes) is 1. The van der Waals surface area contributed by atoms with Crippen LogP contribution in [-0.4, -0.2) is 24.2 Å². The monoisotopic (exact) mass is 279 g/mol. The Balaban J connectivity index is 2.77. The molecule has 0 fully saturated rings. The third-order valence-electron chi connectivity index (χ3n) is 3.33. The molecule has 4 heteroatoms. The van der Waals surface area contributed by atoms with Gasteiger partial charge in [0.1, 0.15) is 11.5 Å². The van der Waals surface area contributed by atoms with Crippen molar-refractivity contribution in [2.45, 2.75) is 52.0 Å². The lowest BCUT2D eigenvalue weighted by Crippen LogP contribution is -2.34. The molecule has 0 aromatic heterocycles. The molecule has 0 saturated heterocycles. The summed E-state index contributed by atoms with van der Waals surface area (Å²) in [7, 11) is 1.54.